The first kappa shape index (κ1) is 29.3. The molecule has 0 radical (unpaired) electrons. The number of piperidine rings is 1. The van der Waals surface area contributed by atoms with E-state index in [1.165, 1.54) is 19.0 Å². The molecule has 4 aromatic rings. The molecule has 1 aromatic carbocycles. The molecule has 3 aromatic heterocycles. The van der Waals surface area contributed by atoms with Crippen LogP contribution in [0.4, 0.5) is 28.9 Å². The van der Waals surface area contributed by atoms with Crippen molar-refractivity contribution < 1.29 is 32.3 Å². The largest absolute Gasteiger partial charge is 0.490 e. The average Bonchev–Trinajstić information content (AvgIpc) is 3.55. The number of hydrogen-bond donors (Lipinski definition) is 2. The molecule has 0 unspecified atom stereocenters. The minimum Gasteiger partial charge on any atom is -0.475 e. The van der Waals surface area contributed by atoms with Crippen molar-refractivity contribution in [1.82, 2.24) is 24.1 Å². The highest BCUT2D eigenvalue weighted by Crippen LogP contribution is 2.41. The summed E-state index contributed by atoms with van der Waals surface area (Å²) in [6.07, 6.45) is 3.93. The van der Waals surface area contributed by atoms with Gasteiger partial charge in [0, 0.05) is 67.4 Å². The minimum atomic E-state index is -5.08. The summed E-state index contributed by atoms with van der Waals surface area (Å²) in [6, 6.07) is 5.18. The maximum atomic E-state index is 14.5. The van der Waals surface area contributed by atoms with Gasteiger partial charge in [-0.05, 0) is 52.3 Å². The van der Waals surface area contributed by atoms with Crippen molar-refractivity contribution in [3.8, 4) is 0 Å². The van der Waals surface area contributed by atoms with E-state index in [-0.39, 0.29) is 11.6 Å². The number of imidazole rings is 1. The van der Waals surface area contributed by atoms with Gasteiger partial charge in [-0.25, -0.2) is 14.2 Å². The Labute approximate surface area is 238 Å². The third-order valence-corrected chi connectivity index (χ3v) is 8.15. The number of rotatable bonds is 4. The number of halogens is 4. The molecule has 1 amide bonds. The summed E-state index contributed by atoms with van der Waals surface area (Å²) in [4.78, 5) is 31.3. The van der Waals surface area contributed by atoms with E-state index in [4.69, 9.17) is 15.0 Å². The average molecular weight is 590 g/mol. The number of nitrogens with zero attached hydrogens (tertiary/aromatic N) is 6. The van der Waals surface area contributed by atoms with Crippen LogP contribution >= 0.6 is 0 Å². The molecule has 5 heterocycles. The summed E-state index contributed by atoms with van der Waals surface area (Å²) in [7, 11) is 2.23. The molecule has 42 heavy (non-hydrogen) atoms. The summed E-state index contributed by atoms with van der Waals surface area (Å²) in [6.45, 7) is 7.73. The number of carbonyl (C=O) groups is 2. The van der Waals surface area contributed by atoms with E-state index in [2.05, 4.69) is 27.1 Å². The first-order valence-electron chi connectivity index (χ1n) is 13.5. The summed E-state index contributed by atoms with van der Waals surface area (Å²) < 4.78 is 49.7. The van der Waals surface area contributed by atoms with Crippen molar-refractivity contribution in [1.29, 1.82) is 0 Å². The number of aliphatic carboxylic acids is 1. The van der Waals surface area contributed by atoms with E-state index in [1.807, 2.05) is 29.9 Å². The lowest BCUT2D eigenvalue weighted by Gasteiger charge is -2.55. The number of aryl methyl sites for hydroxylation is 2. The predicted octanol–water partition coefficient (Wildman–Crippen LogP) is 4.71. The monoisotopic (exact) mass is 589 g/mol. The van der Waals surface area contributed by atoms with Crippen LogP contribution < -0.4 is 10.2 Å². The highest BCUT2D eigenvalue weighted by atomic mass is 19.4. The van der Waals surface area contributed by atoms with Crippen LogP contribution in [0.3, 0.4) is 0 Å². The summed E-state index contributed by atoms with van der Waals surface area (Å²) in [5, 5.41) is 15.7. The van der Waals surface area contributed by atoms with Gasteiger partial charge in [0.15, 0.2) is 11.5 Å². The Morgan fingerprint density at radius 2 is 1.76 bits per heavy atom. The summed E-state index contributed by atoms with van der Waals surface area (Å²) in [5.41, 5.74) is 3.96. The third kappa shape index (κ3) is 5.50. The lowest BCUT2D eigenvalue weighted by atomic mass is 9.77. The Morgan fingerprint density at radius 1 is 1.10 bits per heavy atom. The number of carboxylic acid groups (broad SMARTS) is 1. The molecule has 6 rings (SSSR count). The molecule has 2 fully saturated rings. The molecular weight excluding hydrogens is 558 g/mol. The van der Waals surface area contributed by atoms with E-state index in [0.717, 1.165) is 37.0 Å². The number of likely N-dealkylation sites (tertiary alicyclic amines) is 1. The molecule has 1 spiro atoms. The summed E-state index contributed by atoms with van der Waals surface area (Å²) >= 11 is 0. The number of benzene rings is 1. The maximum absolute atomic E-state index is 14.5. The van der Waals surface area contributed by atoms with E-state index >= 15 is 0 Å². The van der Waals surface area contributed by atoms with E-state index in [9.17, 15) is 22.4 Å². The molecule has 2 aliphatic rings. The number of anilines is 2. The van der Waals surface area contributed by atoms with Gasteiger partial charge in [-0.15, -0.1) is 0 Å². The van der Waals surface area contributed by atoms with Gasteiger partial charge in [-0.3, -0.25) is 9.48 Å². The molecule has 10 nitrogen and oxygen atoms in total. The van der Waals surface area contributed by atoms with Crippen LogP contribution in [-0.4, -0.2) is 79.4 Å². The Balaban J connectivity index is 0.000000451. The normalized spacial score (nSPS) is 16.8. The van der Waals surface area contributed by atoms with Crippen LogP contribution in [0.2, 0.25) is 0 Å². The molecule has 0 atom stereocenters. The third-order valence-electron chi connectivity index (χ3n) is 8.15. The van der Waals surface area contributed by atoms with Crippen molar-refractivity contribution in [2.75, 3.05) is 36.9 Å². The number of pyridine rings is 1. The molecule has 224 valence electrons. The Kier molecular flexibility index (Phi) is 7.60. The summed E-state index contributed by atoms with van der Waals surface area (Å²) in [5.74, 6) is -3.55. The number of aromatic nitrogens is 4. The number of carboxylic acids is 1. The van der Waals surface area contributed by atoms with Crippen molar-refractivity contribution in [3.63, 3.8) is 0 Å². The smallest absolute Gasteiger partial charge is 0.475 e. The fourth-order valence-electron chi connectivity index (χ4n) is 5.65. The van der Waals surface area contributed by atoms with Crippen molar-refractivity contribution in [2.45, 2.75) is 51.4 Å². The minimum absolute atomic E-state index is 0.241. The topological polar surface area (TPSA) is 108 Å². The Hall–Kier alpha value is -4.20. The number of nitrogens with one attached hydrogen (secondary N) is 1. The fourth-order valence-corrected chi connectivity index (χ4v) is 5.65. The lowest BCUT2D eigenvalue weighted by molar-refractivity contribution is -0.192. The highest BCUT2D eigenvalue weighted by molar-refractivity contribution is 6.13. The van der Waals surface area contributed by atoms with Gasteiger partial charge in [0.05, 0.1) is 16.9 Å². The maximum Gasteiger partial charge on any atom is 0.490 e. The predicted molar refractivity (Wildman–Crippen MR) is 148 cm³/mol. The molecule has 2 aliphatic heterocycles. The van der Waals surface area contributed by atoms with Crippen LogP contribution in [0, 0.1) is 12.7 Å². The second-order valence-electron chi connectivity index (χ2n) is 10.7. The Bertz CT molecular complexity index is 1650. The number of amides is 1. The van der Waals surface area contributed by atoms with Crippen LogP contribution in [-0.2, 0) is 11.3 Å². The van der Waals surface area contributed by atoms with Crippen LogP contribution in [0.15, 0.2) is 36.8 Å². The first-order chi connectivity index (χ1) is 19.8. The molecule has 14 heteroatoms. The van der Waals surface area contributed by atoms with Gasteiger partial charge in [0.25, 0.3) is 5.91 Å². The first-order valence-corrected chi connectivity index (χ1v) is 13.5. The van der Waals surface area contributed by atoms with Gasteiger partial charge in [-0.1, -0.05) is 0 Å². The van der Waals surface area contributed by atoms with Gasteiger partial charge in [0.1, 0.15) is 5.52 Å². The van der Waals surface area contributed by atoms with Crippen molar-refractivity contribution >= 4 is 39.8 Å². The zero-order valence-corrected chi connectivity index (χ0v) is 23.4. The highest BCUT2D eigenvalue weighted by Gasteiger charge is 2.44. The SMILES string of the molecule is CCn1cc2c(N3CCC4(CC3)CCN4C)ccc(C(=O)Nc3cc(F)c4nc(C)cn4c3)c2n1.O=C(O)C(F)(F)F. The number of carbonyl (C=O) groups excluding carboxylic acids is 1. The number of alkyl halides is 3. The second-order valence-corrected chi connectivity index (χ2v) is 10.7. The molecule has 0 saturated carbocycles. The zero-order chi connectivity index (χ0) is 30.4. The van der Waals surface area contributed by atoms with Crippen molar-refractivity contribution in [3.05, 3.63) is 53.9 Å². The van der Waals surface area contributed by atoms with E-state index in [0.29, 0.717) is 34.5 Å². The molecule has 0 bridgehead atoms. The standard InChI is InChI=1S/C26H30FN7O.C2HF3O2/c1-4-34-16-20-22(32-11-8-26(9-12-32)7-10-31(26)3)6-5-19(23(20)30-34)25(35)29-18-13-21(27)24-28-17(2)14-33(24)15-18;3-2(4,5)1(6)7/h5-6,13-16H,4,7-12H2,1-3H3,(H,29,35);(H,6,7). The van der Waals surface area contributed by atoms with Gasteiger partial charge >= 0.3 is 12.1 Å². The molecule has 0 aliphatic carbocycles. The molecule has 2 N–H and O–H groups in total. The molecule has 2 saturated heterocycles. The fraction of sp³-hybridized carbons (Fsp3) is 0.429. The Morgan fingerprint density at radius 3 is 2.33 bits per heavy atom. The van der Waals surface area contributed by atoms with Crippen LogP contribution in [0.1, 0.15) is 42.2 Å². The number of fused-ring (bicyclic) bond motifs is 2. The number of hydrogen-bond acceptors (Lipinski definition) is 6. The second kappa shape index (κ2) is 10.9. The quantitative estimate of drug-likeness (QED) is 0.332. The van der Waals surface area contributed by atoms with Gasteiger partial charge in [-0.2, -0.15) is 18.3 Å². The van der Waals surface area contributed by atoms with Gasteiger partial charge in [0.2, 0.25) is 0 Å². The van der Waals surface area contributed by atoms with Crippen LogP contribution in [0.25, 0.3) is 16.6 Å². The van der Waals surface area contributed by atoms with E-state index < -0.39 is 18.0 Å². The van der Waals surface area contributed by atoms with E-state index in [1.54, 1.807) is 23.7 Å². The molecular formula is C28H31F4N7O3. The zero-order valence-electron chi connectivity index (χ0n) is 23.4. The van der Waals surface area contributed by atoms with Gasteiger partial charge < -0.3 is 24.6 Å². The van der Waals surface area contributed by atoms with Crippen LogP contribution in [0.5, 0.6) is 0 Å². The lowest BCUT2D eigenvalue weighted by Crippen LogP contribution is -2.62. The van der Waals surface area contributed by atoms with Crippen molar-refractivity contribution in [2.24, 2.45) is 0 Å².